The maximum absolute atomic E-state index is 9.11. The third-order valence-electron chi connectivity index (χ3n) is 2.86. The van der Waals surface area contributed by atoms with E-state index in [1.54, 1.807) is 4.68 Å². The van der Waals surface area contributed by atoms with E-state index in [9.17, 15) is 0 Å². The molecule has 96 valence electrons. The van der Waals surface area contributed by atoms with Crippen molar-refractivity contribution in [1.29, 1.82) is 0 Å². The molecule has 0 saturated carbocycles. The zero-order chi connectivity index (χ0) is 13.3. The van der Waals surface area contributed by atoms with Gasteiger partial charge in [-0.25, -0.2) is 0 Å². The lowest BCUT2D eigenvalue weighted by atomic mass is 10.2. The number of benzene rings is 1. The topological polar surface area (TPSA) is 47.3 Å². The van der Waals surface area contributed by atoms with Crippen LogP contribution in [0.4, 0.5) is 0 Å². The summed E-state index contributed by atoms with van der Waals surface area (Å²) in [6.45, 7) is 3.89. The summed E-state index contributed by atoms with van der Waals surface area (Å²) in [6, 6.07) is 5.51. The van der Waals surface area contributed by atoms with E-state index < -0.39 is 0 Å². The van der Waals surface area contributed by atoms with Gasteiger partial charge in [-0.05, 0) is 31.5 Å². The van der Waals surface area contributed by atoms with E-state index in [4.69, 9.17) is 9.84 Å². The monoisotopic (exact) mass is 310 g/mol. The molecule has 0 aliphatic heterocycles. The Morgan fingerprint density at radius 1 is 1.39 bits per heavy atom. The first-order valence-electron chi connectivity index (χ1n) is 5.60. The summed E-state index contributed by atoms with van der Waals surface area (Å²) in [5, 5.41) is 13.4. The van der Waals surface area contributed by atoms with Crippen LogP contribution < -0.4 is 4.74 Å². The van der Waals surface area contributed by atoms with Crippen LogP contribution in [0.5, 0.6) is 11.5 Å². The highest BCUT2D eigenvalue weighted by atomic mass is 79.9. The van der Waals surface area contributed by atoms with Crippen molar-refractivity contribution in [1.82, 2.24) is 9.78 Å². The first kappa shape index (κ1) is 13.1. The van der Waals surface area contributed by atoms with Crippen LogP contribution in [-0.2, 0) is 13.7 Å². The largest absolute Gasteiger partial charge is 0.453 e. The molecular formula is C13H15BrN2O2. The van der Waals surface area contributed by atoms with E-state index in [1.165, 1.54) is 0 Å². The lowest BCUT2D eigenvalue weighted by Crippen LogP contribution is -1.93. The molecule has 1 N–H and O–H groups in total. The summed E-state index contributed by atoms with van der Waals surface area (Å²) in [6.07, 6.45) is 0. The number of hydrogen-bond donors (Lipinski definition) is 1. The van der Waals surface area contributed by atoms with Crippen LogP contribution in [0, 0.1) is 13.8 Å². The summed E-state index contributed by atoms with van der Waals surface area (Å²) >= 11 is 3.40. The molecule has 1 aromatic carbocycles. The predicted molar refractivity (Wildman–Crippen MR) is 72.8 cm³/mol. The average Bonchev–Trinajstić information content (AvgIpc) is 2.56. The fourth-order valence-corrected chi connectivity index (χ4v) is 2.22. The normalized spacial score (nSPS) is 10.7. The van der Waals surface area contributed by atoms with Crippen molar-refractivity contribution >= 4 is 15.9 Å². The quantitative estimate of drug-likeness (QED) is 0.947. The van der Waals surface area contributed by atoms with Crippen LogP contribution in [-0.4, -0.2) is 14.9 Å². The van der Waals surface area contributed by atoms with Gasteiger partial charge in [0.25, 0.3) is 0 Å². The zero-order valence-corrected chi connectivity index (χ0v) is 12.2. The fraction of sp³-hybridized carbons (Fsp3) is 0.308. The highest BCUT2D eigenvalue weighted by molar-refractivity contribution is 9.10. The number of ether oxygens (including phenoxy) is 1. The van der Waals surface area contributed by atoms with Crippen molar-refractivity contribution in [3.05, 3.63) is 39.6 Å². The van der Waals surface area contributed by atoms with E-state index in [1.807, 2.05) is 39.1 Å². The van der Waals surface area contributed by atoms with Crippen LogP contribution in [0.3, 0.4) is 0 Å². The van der Waals surface area contributed by atoms with Gasteiger partial charge < -0.3 is 9.84 Å². The molecule has 0 aliphatic rings. The lowest BCUT2D eigenvalue weighted by molar-refractivity contribution is 0.281. The fourth-order valence-electron chi connectivity index (χ4n) is 1.74. The SMILES string of the molecule is Cc1nn(C)c(C)c1Oc1ccc(CO)c(Br)c1. The Morgan fingerprint density at radius 2 is 2.11 bits per heavy atom. The summed E-state index contributed by atoms with van der Waals surface area (Å²) in [5.74, 6) is 1.50. The zero-order valence-electron chi connectivity index (χ0n) is 10.6. The Labute approximate surface area is 114 Å². The van der Waals surface area contributed by atoms with Gasteiger partial charge in [-0.3, -0.25) is 4.68 Å². The van der Waals surface area contributed by atoms with Gasteiger partial charge in [-0.15, -0.1) is 0 Å². The number of aromatic nitrogens is 2. The van der Waals surface area contributed by atoms with Crippen LogP contribution >= 0.6 is 15.9 Å². The van der Waals surface area contributed by atoms with Gasteiger partial charge >= 0.3 is 0 Å². The molecule has 0 amide bonds. The van der Waals surface area contributed by atoms with Gasteiger partial charge in [0.05, 0.1) is 12.3 Å². The average molecular weight is 311 g/mol. The van der Waals surface area contributed by atoms with E-state index >= 15 is 0 Å². The van der Waals surface area contributed by atoms with Crippen molar-refractivity contribution in [2.75, 3.05) is 0 Å². The maximum atomic E-state index is 9.11. The molecule has 0 unspecified atom stereocenters. The molecule has 1 aromatic heterocycles. The van der Waals surface area contributed by atoms with E-state index in [2.05, 4.69) is 21.0 Å². The lowest BCUT2D eigenvalue weighted by Gasteiger charge is -2.08. The minimum absolute atomic E-state index is 0.00577. The third kappa shape index (κ3) is 2.42. The molecule has 5 heteroatoms. The van der Waals surface area contributed by atoms with Gasteiger partial charge in [0.2, 0.25) is 0 Å². The molecule has 0 fully saturated rings. The second kappa shape index (κ2) is 5.12. The predicted octanol–water partition coefficient (Wildman–Crippen LogP) is 3.08. The van der Waals surface area contributed by atoms with Crippen molar-refractivity contribution in [2.24, 2.45) is 7.05 Å². The molecule has 1 heterocycles. The first-order valence-corrected chi connectivity index (χ1v) is 6.39. The van der Waals surface area contributed by atoms with E-state index in [0.29, 0.717) is 0 Å². The van der Waals surface area contributed by atoms with Gasteiger partial charge in [-0.2, -0.15) is 5.10 Å². The number of rotatable bonds is 3. The number of halogens is 1. The number of nitrogens with zero attached hydrogens (tertiary/aromatic N) is 2. The Kier molecular flexibility index (Phi) is 3.73. The maximum Gasteiger partial charge on any atom is 0.171 e. The Morgan fingerprint density at radius 3 is 2.61 bits per heavy atom. The molecule has 0 radical (unpaired) electrons. The minimum atomic E-state index is 0.00577. The van der Waals surface area contributed by atoms with E-state index in [0.717, 1.165) is 32.9 Å². The van der Waals surface area contributed by atoms with Gasteiger partial charge in [0, 0.05) is 11.5 Å². The van der Waals surface area contributed by atoms with Crippen LogP contribution in [0.2, 0.25) is 0 Å². The van der Waals surface area contributed by atoms with Crippen LogP contribution in [0.1, 0.15) is 17.0 Å². The van der Waals surface area contributed by atoms with Crippen molar-refractivity contribution in [2.45, 2.75) is 20.5 Å². The van der Waals surface area contributed by atoms with Gasteiger partial charge in [0.1, 0.15) is 11.4 Å². The molecule has 2 aromatic rings. The number of aryl methyl sites for hydroxylation is 2. The first-order chi connectivity index (χ1) is 8.52. The summed E-state index contributed by atoms with van der Waals surface area (Å²) in [5.41, 5.74) is 2.68. The standard InChI is InChI=1S/C13H15BrN2O2/c1-8-13(9(2)16(3)15-8)18-11-5-4-10(7-17)12(14)6-11/h4-6,17H,7H2,1-3H3. The Bertz CT molecular complexity index is 579. The summed E-state index contributed by atoms with van der Waals surface area (Å²) < 4.78 is 8.47. The second-order valence-electron chi connectivity index (χ2n) is 4.14. The highest BCUT2D eigenvalue weighted by Gasteiger charge is 2.12. The molecule has 0 atom stereocenters. The molecule has 4 nitrogen and oxygen atoms in total. The van der Waals surface area contributed by atoms with Crippen LogP contribution in [0.15, 0.2) is 22.7 Å². The minimum Gasteiger partial charge on any atom is -0.453 e. The molecule has 0 saturated heterocycles. The van der Waals surface area contributed by atoms with Gasteiger partial charge in [0.15, 0.2) is 5.75 Å². The third-order valence-corrected chi connectivity index (χ3v) is 3.60. The van der Waals surface area contributed by atoms with Crippen molar-refractivity contribution < 1.29 is 9.84 Å². The molecule has 0 aliphatic carbocycles. The molecular weight excluding hydrogens is 296 g/mol. The number of aliphatic hydroxyl groups is 1. The smallest absolute Gasteiger partial charge is 0.171 e. The molecule has 2 rings (SSSR count). The number of hydrogen-bond acceptors (Lipinski definition) is 3. The second-order valence-corrected chi connectivity index (χ2v) is 4.99. The number of aliphatic hydroxyl groups excluding tert-OH is 1. The Balaban J connectivity index is 2.31. The Hall–Kier alpha value is -1.33. The summed E-state index contributed by atoms with van der Waals surface area (Å²) in [4.78, 5) is 0. The van der Waals surface area contributed by atoms with Gasteiger partial charge in [-0.1, -0.05) is 22.0 Å². The summed E-state index contributed by atoms with van der Waals surface area (Å²) in [7, 11) is 1.89. The molecule has 18 heavy (non-hydrogen) atoms. The molecule has 0 spiro atoms. The molecule has 0 bridgehead atoms. The van der Waals surface area contributed by atoms with E-state index in [-0.39, 0.29) is 6.61 Å². The van der Waals surface area contributed by atoms with Crippen molar-refractivity contribution in [3.63, 3.8) is 0 Å². The van der Waals surface area contributed by atoms with Crippen LogP contribution in [0.25, 0.3) is 0 Å². The highest BCUT2D eigenvalue weighted by Crippen LogP contribution is 2.30. The van der Waals surface area contributed by atoms with Crippen molar-refractivity contribution in [3.8, 4) is 11.5 Å².